The molecular weight excluding hydrogens is 496 g/mol. The average Bonchev–Trinajstić information content (AvgIpc) is 3.56. The van der Waals surface area contributed by atoms with E-state index < -0.39 is 17.2 Å². The summed E-state index contributed by atoms with van der Waals surface area (Å²) in [5.74, 6) is 1.38. The van der Waals surface area contributed by atoms with Crippen LogP contribution in [-0.4, -0.2) is 45.5 Å². The molecule has 1 fully saturated rings. The van der Waals surface area contributed by atoms with Crippen molar-refractivity contribution in [3.63, 3.8) is 0 Å². The molecule has 0 saturated heterocycles. The summed E-state index contributed by atoms with van der Waals surface area (Å²) in [7, 11) is 3.59. The van der Waals surface area contributed by atoms with E-state index in [4.69, 9.17) is 24.9 Å². The number of amides is 1. The van der Waals surface area contributed by atoms with Crippen molar-refractivity contribution in [1.29, 1.82) is 0 Å². The van der Waals surface area contributed by atoms with E-state index >= 15 is 0 Å². The third kappa shape index (κ3) is 5.84. The van der Waals surface area contributed by atoms with Crippen LogP contribution in [0.1, 0.15) is 33.6 Å². The fourth-order valence-electron chi connectivity index (χ4n) is 4.40. The second-order valence-corrected chi connectivity index (χ2v) is 10.8. The van der Waals surface area contributed by atoms with Crippen LogP contribution in [0.25, 0.3) is 22.2 Å². The molecule has 1 amide bonds. The van der Waals surface area contributed by atoms with Crippen LogP contribution in [0.2, 0.25) is 0 Å². The van der Waals surface area contributed by atoms with E-state index in [-0.39, 0.29) is 6.61 Å². The number of hydrogen-bond acceptors (Lipinski definition) is 8. The molecule has 0 spiro atoms. The highest BCUT2D eigenvalue weighted by atomic mass is 16.6. The van der Waals surface area contributed by atoms with Crippen LogP contribution in [0.3, 0.4) is 0 Å². The number of benzene rings is 2. The molecule has 2 aromatic heterocycles. The fraction of sp³-hybridized carbons (Fsp3) is 0.345. The number of aryl methyl sites for hydroxylation is 1. The summed E-state index contributed by atoms with van der Waals surface area (Å²) >= 11 is 0. The molecule has 1 aliphatic carbocycles. The Morgan fingerprint density at radius 2 is 1.92 bits per heavy atom. The normalized spacial score (nSPS) is 14.1. The second kappa shape index (κ2) is 10.0. The van der Waals surface area contributed by atoms with Gasteiger partial charge in [0.05, 0.1) is 29.7 Å². The van der Waals surface area contributed by atoms with E-state index in [1.165, 1.54) is 0 Å². The van der Waals surface area contributed by atoms with Gasteiger partial charge in [0, 0.05) is 42.0 Å². The minimum atomic E-state index is -0.570. The molecule has 5 rings (SSSR count). The molecule has 2 heterocycles. The summed E-state index contributed by atoms with van der Waals surface area (Å²) in [4.78, 5) is 21.4. The van der Waals surface area contributed by atoms with Crippen molar-refractivity contribution in [3.8, 4) is 22.8 Å². The number of nitrogens with two attached hydrogens (primary N) is 1. The van der Waals surface area contributed by atoms with Crippen molar-refractivity contribution in [2.75, 3.05) is 24.8 Å². The number of nitrogens with zero attached hydrogens (tertiary/aromatic N) is 3. The molecule has 39 heavy (non-hydrogen) atoms. The Kier molecular flexibility index (Phi) is 6.71. The first-order valence-corrected chi connectivity index (χ1v) is 12.8. The lowest BCUT2D eigenvalue weighted by atomic mass is 10.1. The summed E-state index contributed by atoms with van der Waals surface area (Å²) < 4.78 is 19.1. The third-order valence-electron chi connectivity index (χ3n) is 6.53. The van der Waals surface area contributed by atoms with Crippen molar-refractivity contribution >= 4 is 34.3 Å². The minimum Gasteiger partial charge on any atom is -0.494 e. The number of alkyl carbamates (subject to hydrolysis) is 1. The Bertz CT molecular complexity index is 1520. The molecule has 4 N–H and O–H groups in total. The molecule has 204 valence electrons. The number of aromatic nitrogens is 3. The lowest BCUT2D eigenvalue weighted by Crippen LogP contribution is -2.44. The maximum Gasteiger partial charge on any atom is 0.408 e. The molecule has 0 atom stereocenters. The number of nitrogens with one attached hydrogen (secondary N) is 2. The fourth-order valence-corrected chi connectivity index (χ4v) is 4.40. The third-order valence-corrected chi connectivity index (χ3v) is 6.53. The summed E-state index contributed by atoms with van der Waals surface area (Å²) in [6.45, 7) is 5.75. The summed E-state index contributed by atoms with van der Waals surface area (Å²) in [5.41, 5.74) is 9.26. The van der Waals surface area contributed by atoms with E-state index in [1.807, 2.05) is 46.0 Å². The molecule has 0 radical (unpaired) electrons. The zero-order valence-electron chi connectivity index (χ0n) is 22.9. The van der Waals surface area contributed by atoms with Crippen LogP contribution < -0.4 is 25.8 Å². The van der Waals surface area contributed by atoms with Gasteiger partial charge < -0.3 is 35.1 Å². The molecule has 0 bridgehead atoms. The van der Waals surface area contributed by atoms with Crippen LogP contribution in [0, 0.1) is 0 Å². The Morgan fingerprint density at radius 3 is 2.64 bits per heavy atom. The van der Waals surface area contributed by atoms with Gasteiger partial charge in [-0.05, 0) is 51.8 Å². The van der Waals surface area contributed by atoms with Gasteiger partial charge in [-0.3, -0.25) is 0 Å². The van der Waals surface area contributed by atoms with Crippen molar-refractivity contribution in [2.45, 2.75) is 44.8 Å². The van der Waals surface area contributed by atoms with Gasteiger partial charge in [0.1, 0.15) is 23.7 Å². The van der Waals surface area contributed by atoms with Crippen molar-refractivity contribution in [1.82, 2.24) is 19.9 Å². The Labute approximate surface area is 227 Å². The van der Waals surface area contributed by atoms with Crippen LogP contribution >= 0.6 is 0 Å². The molecule has 2 aromatic carbocycles. The predicted molar refractivity (Wildman–Crippen MR) is 151 cm³/mol. The number of ether oxygens (including phenoxy) is 3. The van der Waals surface area contributed by atoms with Gasteiger partial charge in [-0.1, -0.05) is 18.2 Å². The quantitative estimate of drug-likeness (QED) is 0.258. The molecule has 10 heteroatoms. The average molecular weight is 531 g/mol. The number of rotatable bonds is 8. The number of methoxy groups -OCH3 is 1. The highest BCUT2D eigenvalue weighted by Crippen LogP contribution is 2.40. The van der Waals surface area contributed by atoms with Gasteiger partial charge in [-0.15, -0.1) is 0 Å². The standard InChI is InChI=1S/C29H34N6O4/c1-28(2,3)39-27(36)34-29(11-12-29)17-38-24-15-25(37-5)22(14-20(24)30)33-26-31-13-10-21(32-26)19-16-35(4)23-9-7-6-8-18(19)23/h6-10,13-16H,11-12,17,30H2,1-5H3,(H,34,36)(H,31,32,33). The van der Waals surface area contributed by atoms with E-state index in [1.54, 1.807) is 25.4 Å². The number of hydrogen-bond donors (Lipinski definition) is 3. The van der Waals surface area contributed by atoms with Crippen molar-refractivity contribution in [2.24, 2.45) is 7.05 Å². The number of anilines is 3. The van der Waals surface area contributed by atoms with Gasteiger partial charge >= 0.3 is 6.09 Å². The lowest BCUT2D eigenvalue weighted by molar-refractivity contribution is 0.0477. The van der Waals surface area contributed by atoms with Gasteiger partial charge in [0.15, 0.2) is 0 Å². The Balaban J connectivity index is 1.31. The molecule has 10 nitrogen and oxygen atoms in total. The van der Waals surface area contributed by atoms with E-state index in [9.17, 15) is 4.79 Å². The van der Waals surface area contributed by atoms with E-state index in [2.05, 4.69) is 38.5 Å². The van der Waals surface area contributed by atoms with E-state index in [0.29, 0.717) is 28.8 Å². The number of carbonyl (C=O) groups excluding carboxylic acids is 1. The van der Waals surface area contributed by atoms with E-state index in [0.717, 1.165) is 35.0 Å². The highest BCUT2D eigenvalue weighted by Gasteiger charge is 2.46. The summed E-state index contributed by atoms with van der Waals surface area (Å²) in [5, 5.41) is 7.27. The first-order chi connectivity index (χ1) is 18.6. The maximum atomic E-state index is 12.2. The summed E-state index contributed by atoms with van der Waals surface area (Å²) in [6.07, 6.45) is 4.92. The molecule has 1 saturated carbocycles. The predicted octanol–water partition coefficient (Wildman–Crippen LogP) is 5.41. The van der Waals surface area contributed by atoms with Crippen LogP contribution in [0.15, 0.2) is 54.9 Å². The molecule has 0 aliphatic heterocycles. The smallest absolute Gasteiger partial charge is 0.408 e. The zero-order valence-corrected chi connectivity index (χ0v) is 22.9. The highest BCUT2D eigenvalue weighted by molar-refractivity contribution is 5.95. The van der Waals surface area contributed by atoms with Gasteiger partial charge in [-0.2, -0.15) is 0 Å². The monoisotopic (exact) mass is 530 g/mol. The molecule has 1 aliphatic rings. The van der Waals surface area contributed by atoms with Crippen LogP contribution in [0.4, 0.5) is 22.1 Å². The number of carbonyl (C=O) groups is 1. The van der Waals surface area contributed by atoms with Gasteiger partial charge in [0.25, 0.3) is 0 Å². The minimum absolute atomic E-state index is 0.266. The van der Waals surface area contributed by atoms with Crippen molar-refractivity contribution in [3.05, 3.63) is 54.9 Å². The molecule has 0 unspecified atom stereocenters. The zero-order chi connectivity index (χ0) is 27.8. The largest absolute Gasteiger partial charge is 0.494 e. The lowest BCUT2D eigenvalue weighted by Gasteiger charge is -2.24. The molecular formula is C29H34N6O4. The first kappa shape index (κ1) is 26.1. The first-order valence-electron chi connectivity index (χ1n) is 12.8. The Morgan fingerprint density at radius 1 is 1.15 bits per heavy atom. The summed E-state index contributed by atoms with van der Waals surface area (Å²) in [6, 6.07) is 13.5. The number of fused-ring (bicyclic) bond motifs is 1. The Hall–Kier alpha value is -4.47. The molecule has 4 aromatic rings. The van der Waals surface area contributed by atoms with Crippen LogP contribution in [0.5, 0.6) is 11.5 Å². The topological polar surface area (TPSA) is 126 Å². The van der Waals surface area contributed by atoms with Gasteiger partial charge in [0.2, 0.25) is 5.95 Å². The number of para-hydroxylation sites is 1. The number of nitrogen functional groups attached to an aromatic ring is 1. The van der Waals surface area contributed by atoms with Crippen molar-refractivity contribution < 1.29 is 19.0 Å². The maximum absolute atomic E-state index is 12.2. The van der Waals surface area contributed by atoms with Gasteiger partial charge in [-0.25, -0.2) is 14.8 Å². The SMILES string of the molecule is COc1cc(OCC2(NC(=O)OC(C)(C)C)CC2)c(N)cc1Nc1nccc(-c2cn(C)c3ccccc23)n1. The second-order valence-electron chi connectivity index (χ2n) is 10.8. The van der Waals surface area contributed by atoms with Crippen LogP contribution in [-0.2, 0) is 11.8 Å².